The molecule has 2 aromatic carbocycles. The van der Waals surface area contributed by atoms with E-state index >= 15 is 0 Å². The van der Waals surface area contributed by atoms with Gasteiger partial charge in [-0.15, -0.1) is 0 Å². The maximum absolute atomic E-state index is 3.65. The number of benzene rings is 2. The molecule has 2 rings (SSSR count). The van der Waals surface area contributed by atoms with Gasteiger partial charge in [0.25, 0.3) is 0 Å². The Kier molecular flexibility index (Phi) is 12.8. The van der Waals surface area contributed by atoms with Crippen molar-refractivity contribution in [3.05, 3.63) is 96.7 Å². The molecule has 0 bridgehead atoms. The van der Waals surface area contributed by atoms with Gasteiger partial charge in [-0.05, 0) is 31.7 Å². The van der Waals surface area contributed by atoms with Crippen LogP contribution in [0.3, 0.4) is 0 Å². The van der Waals surface area contributed by atoms with Crippen molar-refractivity contribution in [2.45, 2.75) is 27.7 Å². The summed E-state index contributed by atoms with van der Waals surface area (Å²) in [4.78, 5) is 0. The van der Waals surface area contributed by atoms with E-state index in [1.54, 1.807) is 6.08 Å². The van der Waals surface area contributed by atoms with Crippen molar-refractivity contribution in [1.29, 1.82) is 0 Å². The third-order valence-electron chi connectivity index (χ3n) is 2.72. The topological polar surface area (TPSA) is 12.0 Å². The van der Waals surface area contributed by atoms with Crippen LogP contribution < -0.4 is 5.32 Å². The minimum Gasteiger partial charge on any atom is -0.362 e. The van der Waals surface area contributed by atoms with Crippen molar-refractivity contribution >= 4 is 11.8 Å². The molecule has 0 aliphatic rings. The SMILES string of the molecule is C=CC=Cc1ccccc1N/C=C/C.CC.Cc1ccccc1. The van der Waals surface area contributed by atoms with Crippen LogP contribution in [0.25, 0.3) is 6.08 Å². The largest absolute Gasteiger partial charge is 0.362 e. The predicted octanol–water partition coefficient (Wildman–Crippen LogP) is 6.85. The lowest BCUT2D eigenvalue weighted by Crippen LogP contribution is -1.89. The second kappa shape index (κ2) is 14.4. The molecule has 0 amide bonds. The fourth-order valence-electron chi connectivity index (χ4n) is 1.65. The molecule has 1 nitrogen and oxygen atoms in total. The number of rotatable bonds is 4. The van der Waals surface area contributed by atoms with Crippen molar-refractivity contribution < 1.29 is 0 Å². The molecular formula is C22H29N. The lowest BCUT2D eigenvalue weighted by Gasteiger charge is -2.04. The van der Waals surface area contributed by atoms with Gasteiger partial charge in [0, 0.05) is 5.69 Å². The number of para-hydroxylation sites is 1. The third kappa shape index (κ3) is 9.92. The van der Waals surface area contributed by atoms with Crippen molar-refractivity contribution in [3.63, 3.8) is 0 Å². The van der Waals surface area contributed by atoms with Crippen molar-refractivity contribution in [2.24, 2.45) is 0 Å². The smallest absolute Gasteiger partial charge is 0.0453 e. The van der Waals surface area contributed by atoms with E-state index in [9.17, 15) is 0 Å². The third-order valence-corrected chi connectivity index (χ3v) is 2.72. The first-order valence-electron chi connectivity index (χ1n) is 8.05. The Balaban J connectivity index is 0.000000449. The van der Waals surface area contributed by atoms with Gasteiger partial charge < -0.3 is 5.32 Å². The maximum atomic E-state index is 3.65. The Labute approximate surface area is 142 Å². The number of nitrogens with one attached hydrogen (secondary N) is 1. The molecule has 0 fully saturated rings. The van der Waals surface area contributed by atoms with E-state index in [2.05, 4.69) is 37.0 Å². The van der Waals surface area contributed by atoms with E-state index in [4.69, 9.17) is 0 Å². The first kappa shape index (κ1) is 20.5. The van der Waals surface area contributed by atoms with Gasteiger partial charge in [-0.25, -0.2) is 0 Å². The molecule has 0 heterocycles. The summed E-state index contributed by atoms with van der Waals surface area (Å²) in [6.07, 6.45) is 9.61. The van der Waals surface area contributed by atoms with Crippen LogP contribution >= 0.6 is 0 Å². The average Bonchev–Trinajstić information content (AvgIpc) is 2.62. The Bertz CT molecular complexity index is 580. The lowest BCUT2D eigenvalue weighted by atomic mass is 10.1. The number of allylic oxidation sites excluding steroid dienone is 3. The van der Waals surface area contributed by atoms with Crippen molar-refractivity contribution in [3.8, 4) is 0 Å². The summed E-state index contributed by atoms with van der Waals surface area (Å²) in [6.45, 7) is 11.7. The summed E-state index contributed by atoms with van der Waals surface area (Å²) in [6, 6.07) is 18.4. The van der Waals surface area contributed by atoms with E-state index in [1.165, 1.54) is 5.56 Å². The minimum atomic E-state index is 1.10. The van der Waals surface area contributed by atoms with Crippen LogP contribution in [-0.4, -0.2) is 0 Å². The van der Waals surface area contributed by atoms with Crippen LogP contribution in [0.5, 0.6) is 0 Å². The first-order chi connectivity index (χ1) is 11.3. The zero-order valence-electron chi connectivity index (χ0n) is 14.8. The Morgan fingerprint density at radius 3 is 2.04 bits per heavy atom. The molecule has 1 N–H and O–H groups in total. The molecule has 0 aliphatic carbocycles. The molecule has 2 aromatic rings. The van der Waals surface area contributed by atoms with Gasteiger partial charge in [0.1, 0.15) is 0 Å². The Morgan fingerprint density at radius 2 is 1.52 bits per heavy atom. The van der Waals surface area contributed by atoms with Crippen molar-refractivity contribution in [2.75, 3.05) is 5.32 Å². The predicted molar refractivity (Wildman–Crippen MR) is 107 cm³/mol. The molecule has 0 unspecified atom stereocenters. The number of hydrogen-bond acceptors (Lipinski definition) is 1. The molecule has 0 aromatic heterocycles. The summed E-state index contributed by atoms with van der Waals surface area (Å²) >= 11 is 0. The van der Waals surface area contributed by atoms with Gasteiger partial charge in [-0.1, -0.05) is 98.8 Å². The fraction of sp³-hybridized carbons (Fsp3) is 0.182. The number of aryl methyl sites for hydroxylation is 1. The monoisotopic (exact) mass is 307 g/mol. The highest BCUT2D eigenvalue weighted by Gasteiger charge is 1.93. The molecular weight excluding hydrogens is 278 g/mol. The fourth-order valence-corrected chi connectivity index (χ4v) is 1.65. The molecule has 0 saturated heterocycles. The molecule has 0 radical (unpaired) electrons. The number of hydrogen-bond donors (Lipinski definition) is 1. The van der Waals surface area contributed by atoms with Gasteiger partial charge in [-0.2, -0.15) is 0 Å². The molecule has 0 saturated carbocycles. The zero-order chi connectivity index (χ0) is 17.3. The molecule has 0 atom stereocenters. The van der Waals surface area contributed by atoms with Crippen LogP contribution in [0.1, 0.15) is 31.9 Å². The zero-order valence-corrected chi connectivity index (χ0v) is 14.8. The van der Waals surface area contributed by atoms with Gasteiger partial charge in [0.15, 0.2) is 0 Å². The Morgan fingerprint density at radius 1 is 0.913 bits per heavy atom. The second-order valence-corrected chi connectivity index (χ2v) is 4.48. The van der Waals surface area contributed by atoms with Gasteiger partial charge in [0.2, 0.25) is 0 Å². The van der Waals surface area contributed by atoms with Gasteiger partial charge in [-0.3, -0.25) is 0 Å². The summed E-state index contributed by atoms with van der Waals surface area (Å²) in [5.74, 6) is 0. The highest BCUT2D eigenvalue weighted by atomic mass is 14.8. The summed E-state index contributed by atoms with van der Waals surface area (Å²) < 4.78 is 0. The summed E-state index contributed by atoms with van der Waals surface area (Å²) in [7, 11) is 0. The van der Waals surface area contributed by atoms with Crippen LogP contribution in [0.15, 0.2) is 85.6 Å². The Hall–Kier alpha value is -2.54. The normalized spacial score (nSPS) is 9.57. The van der Waals surface area contributed by atoms with Gasteiger partial charge in [0.05, 0.1) is 0 Å². The lowest BCUT2D eigenvalue weighted by molar-refractivity contribution is 1.48. The summed E-state index contributed by atoms with van der Waals surface area (Å²) in [5, 5.41) is 3.21. The second-order valence-electron chi connectivity index (χ2n) is 4.48. The van der Waals surface area contributed by atoms with E-state index in [0.717, 1.165) is 11.3 Å². The van der Waals surface area contributed by atoms with Crippen LogP contribution in [0.4, 0.5) is 5.69 Å². The highest BCUT2D eigenvalue weighted by Crippen LogP contribution is 2.16. The van der Waals surface area contributed by atoms with E-state index < -0.39 is 0 Å². The van der Waals surface area contributed by atoms with Crippen LogP contribution in [-0.2, 0) is 0 Å². The molecule has 0 aliphatic heterocycles. The first-order valence-corrected chi connectivity index (χ1v) is 8.05. The number of anilines is 1. The molecule has 1 heteroatoms. The van der Waals surface area contributed by atoms with Crippen molar-refractivity contribution in [1.82, 2.24) is 0 Å². The molecule has 0 spiro atoms. The summed E-state index contributed by atoms with van der Waals surface area (Å²) in [5.41, 5.74) is 3.58. The quantitative estimate of drug-likeness (QED) is 0.609. The van der Waals surface area contributed by atoms with E-state index in [-0.39, 0.29) is 0 Å². The average molecular weight is 307 g/mol. The standard InChI is InChI=1S/C13H15N.C7H8.C2H6/c1-3-5-8-12-9-6-7-10-13(12)14-11-4-2;1-7-5-3-2-4-6-7;1-2/h3-11,14H,1H2,2H3;2-6H,1H3;1-2H3/b8-5?,11-4+;;. The van der Waals surface area contributed by atoms with Crippen LogP contribution in [0, 0.1) is 6.92 Å². The molecule has 122 valence electrons. The minimum absolute atomic E-state index is 1.10. The van der Waals surface area contributed by atoms with Crippen LogP contribution in [0.2, 0.25) is 0 Å². The van der Waals surface area contributed by atoms with E-state index in [1.807, 2.05) is 81.6 Å². The van der Waals surface area contributed by atoms with Gasteiger partial charge >= 0.3 is 0 Å². The molecule has 23 heavy (non-hydrogen) atoms. The van der Waals surface area contributed by atoms with E-state index in [0.29, 0.717) is 0 Å². The maximum Gasteiger partial charge on any atom is 0.0453 e. The highest BCUT2D eigenvalue weighted by molar-refractivity contribution is 5.67.